The molecule has 1 unspecified atom stereocenters. The molecule has 2 N–H and O–H groups in total. The number of likely N-dealkylation sites (N-methyl/N-ethyl adjacent to an activating group) is 1. The second-order valence-corrected chi connectivity index (χ2v) is 5.40. The van der Waals surface area contributed by atoms with E-state index in [-0.39, 0.29) is 11.9 Å². The molecule has 1 atom stereocenters. The number of thiophene rings is 1. The lowest BCUT2D eigenvalue weighted by molar-refractivity contribution is -0.120. The summed E-state index contributed by atoms with van der Waals surface area (Å²) in [5, 5.41) is 6.01. The SMILES string of the molecule is CCNCC(=O)NC(C)c1cc(C)sc1C. The van der Waals surface area contributed by atoms with Crippen molar-refractivity contribution >= 4 is 17.2 Å². The fourth-order valence-corrected chi connectivity index (χ4v) is 2.71. The van der Waals surface area contributed by atoms with Gasteiger partial charge < -0.3 is 10.6 Å². The molecular weight excluding hydrogens is 220 g/mol. The molecule has 0 spiro atoms. The van der Waals surface area contributed by atoms with Crippen LogP contribution in [-0.4, -0.2) is 19.0 Å². The van der Waals surface area contributed by atoms with Crippen LogP contribution in [0.1, 0.15) is 35.2 Å². The second-order valence-electron chi connectivity index (χ2n) is 3.94. The second kappa shape index (κ2) is 6.01. The average Bonchev–Trinajstić information content (AvgIpc) is 2.54. The van der Waals surface area contributed by atoms with E-state index >= 15 is 0 Å². The van der Waals surface area contributed by atoms with E-state index in [2.05, 4.69) is 30.5 Å². The van der Waals surface area contributed by atoms with Crippen LogP contribution < -0.4 is 10.6 Å². The summed E-state index contributed by atoms with van der Waals surface area (Å²) in [4.78, 5) is 14.1. The minimum absolute atomic E-state index is 0.0533. The molecular formula is C12H20N2OS. The van der Waals surface area contributed by atoms with Crippen LogP contribution in [-0.2, 0) is 4.79 Å². The smallest absolute Gasteiger partial charge is 0.234 e. The first-order valence-electron chi connectivity index (χ1n) is 5.61. The van der Waals surface area contributed by atoms with Gasteiger partial charge in [0.15, 0.2) is 0 Å². The van der Waals surface area contributed by atoms with E-state index in [1.807, 2.05) is 13.8 Å². The van der Waals surface area contributed by atoms with Gasteiger partial charge in [0.05, 0.1) is 12.6 Å². The van der Waals surface area contributed by atoms with E-state index in [1.165, 1.54) is 15.3 Å². The van der Waals surface area contributed by atoms with Gasteiger partial charge in [-0.05, 0) is 38.9 Å². The van der Waals surface area contributed by atoms with Crippen molar-refractivity contribution in [2.24, 2.45) is 0 Å². The molecule has 0 saturated carbocycles. The zero-order chi connectivity index (χ0) is 12.1. The average molecular weight is 240 g/mol. The standard InChI is InChI=1S/C12H20N2OS/c1-5-13-7-12(15)14-9(3)11-6-8(2)16-10(11)4/h6,9,13H,5,7H2,1-4H3,(H,14,15). The molecule has 0 aliphatic rings. The molecule has 0 saturated heterocycles. The molecule has 3 nitrogen and oxygen atoms in total. The molecule has 0 bridgehead atoms. The lowest BCUT2D eigenvalue weighted by Crippen LogP contribution is -2.35. The van der Waals surface area contributed by atoms with Crippen molar-refractivity contribution in [3.63, 3.8) is 0 Å². The highest BCUT2D eigenvalue weighted by Crippen LogP contribution is 2.25. The molecule has 1 aromatic heterocycles. The van der Waals surface area contributed by atoms with E-state index in [0.717, 1.165) is 6.54 Å². The van der Waals surface area contributed by atoms with Crippen LogP contribution in [0.25, 0.3) is 0 Å². The Bertz CT molecular complexity index is 360. The third-order valence-corrected chi connectivity index (χ3v) is 3.44. The van der Waals surface area contributed by atoms with Gasteiger partial charge in [0.2, 0.25) is 5.91 Å². The van der Waals surface area contributed by atoms with Crippen molar-refractivity contribution in [3.05, 3.63) is 21.4 Å². The Morgan fingerprint density at radius 1 is 1.50 bits per heavy atom. The zero-order valence-corrected chi connectivity index (χ0v) is 11.2. The summed E-state index contributed by atoms with van der Waals surface area (Å²) in [7, 11) is 0. The first kappa shape index (κ1) is 13.2. The quantitative estimate of drug-likeness (QED) is 0.828. The number of hydrogen-bond acceptors (Lipinski definition) is 3. The highest BCUT2D eigenvalue weighted by molar-refractivity contribution is 7.12. The minimum atomic E-state index is 0.0533. The maximum Gasteiger partial charge on any atom is 0.234 e. The van der Waals surface area contributed by atoms with Gasteiger partial charge in [-0.1, -0.05) is 6.92 Å². The monoisotopic (exact) mass is 240 g/mol. The largest absolute Gasteiger partial charge is 0.348 e. The van der Waals surface area contributed by atoms with Gasteiger partial charge in [-0.3, -0.25) is 4.79 Å². The normalized spacial score (nSPS) is 12.5. The highest BCUT2D eigenvalue weighted by atomic mass is 32.1. The predicted molar refractivity (Wildman–Crippen MR) is 68.9 cm³/mol. The molecule has 4 heteroatoms. The number of aryl methyl sites for hydroxylation is 2. The summed E-state index contributed by atoms with van der Waals surface area (Å²) in [5.41, 5.74) is 1.23. The topological polar surface area (TPSA) is 41.1 Å². The molecule has 0 aromatic carbocycles. The molecule has 0 fully saturated rings. The molecule has 16 heavy (non-hydrogen) atoms. The Kier molecular flexibility index (Phi) is 4.96. The van der Waals surface area contributed by atoms with Crippen molar-refractivity contribution < 1.29 is 4.79 Å². The van der Waals surface area contributed by atoms with E-state index < -0.39 is 0 Å². The molecule has 0 radical (unpaired) electrons. The van der Waals surface area contributed by atoms with Crippen molar-refractivity contribution in [3.8, 4) is 0 Å². The number of rotatable bonds is 5. The highest BCUT2D eigenvalue weighted by Gasteiger charge is 2.13. The van der Waals surface area contributed by atoms with Gasteiger partial charge in [-0.25, -0.2) is 0 Å². The Balaban J connectivity index is 2.55. The van der Waals surface area contributed by atoms with Crippen molar-refractivity contribution in [2.75, 3.05) is 13.1 Å². The summed E-state index contributed by atoms with van der Waals surface area (Å²) in [6.45, 7) is 9.41. The first-order valence-corrected chi connectivity index (χ1v) is 6.43. The van der Waals surface area contributed by atoms with Crippen LogP contribution in [0, 0.1) is 13.8 Å². The van der Waals surface area contributed by atoms with Crippen molar-refractivity contribution in [2.45, 2.75) is 33.7 Å². The molecule has 1 rings (SSSR count). The Labute approximate surface area is 101 Å². The maximum atomic E-state index is 11.5. The fourth-order valence-electron chi connectivity index (χ4n) is 1.69. The maximum absolute atomic E-state index is 11.5. The van der Waals surface area contributed by atoms with Crippen LogP contribution in [0.4, 0.5) is 0 Å². The Morgan fingerprint density at radius 3 is 2.69 bits per heavy atom. The minimum Gasteiger partial charge on any atom is -0.348 e. The van der Waals surface area contributed by atoms with E-state index in [1.54, 1.807) is 11.3 Å². The fraction of sp³-hybridized carbons (Fsp3) is 0.583. The van der Waals surface area contributed by atoms with Crippen LogP contribution in [0.5, 0.6) is 0 Å². The summed E-state index contributed by atoms with van der Waals surface area (Å²) in [6, 6.07) is 2.24. The van der Waals surface area contributed by atoms with Gasteiger partial charge in [0, 0.05) is 9.75 Å². The Morgan fingerprint density at radius 2 is 2.19 bits per heavy atom. The lowest BCUT2D eigenvalue weighted by atomic mass is 10.1. The lowest BCUT2D eigenvalue weighted by Gasteiger charge is -2.14. The van der Waals surface area contributed by atoms with E-state index in [0.29, 0.717) is 6.54 Å². The van der Waals surface area contributed by atoms with Crippen LogP contribution >= 0.6 is 11.3 Å². The van der Waals surface area contributed by atoms with E-state index in [9.17, 15) is 4.79 Å². The van der Waals surface area contributed by atoms with Gasteiger partial charge in [-0.15, -0.1) is 11.3 Å². The number of amides is 1. The summed E-state index contributed by atoms with van der Waals surface area (Å²) < 4.78 is 0. The summed E-state index contributed by atoms with van der Waals surface area (Å²) >= 11 is 1.78. The number of hydrogen-bond donors (Lipinski definition) is 2. The van der Waals surface area contributed by atoms with Gasteiger partial charge >= 0.3 is 0 Å². The predicted octanol–water partition coefficient (Wildman–Crippen LogP) is 2.15. The van der Waals surface area contributed by atoms with Crippen LogP contribution in [0.15, 0.2) is 6.07 Å². The van der Waals surface area contributed by atoms with Gasteiger partial charge in [0.25, 0.3) is 0 Å². The van der Waals surface area contributed by atoms with E-state index in [4.69, 9.17) is 0 Å². The molecule has 90 valence electrons. The van der Waals surface area contributed by atoms with Crippen molar-refractivity contribution in [1.29, 1.82) is 0 Å². The summed E-state index contributed by atoms with van der Waals surface area (Å²) in [5.74, 6) is 0.0533. The summed E-state index contributed by atoms with van der Waals surface area (Å²) in [6.07, 6.45) is 0. The van der Waals surface area contributed by atoms with Gasteiger partial charge in [-0.2, -0.15) is 0 Å². The molecule has 1 amide bonds. The van der Waals surface area contributed by atoms with Gasteiger partial charge in [0.1, 0.15) is 0 Å². The molecule has 0 aliphatic heterocycles. The molecule has 1 heterocycles. The zero-order valence-electron chi connectivity index (χ0n) is 10.4. The first-order chi connectivity index (χ1) is 7.54. The third kappa shape index (κ3) is 3.61. The third-order valence-electron chi connectivity index (χ3n) is 2.46. The number of nitrogens with one attached hydrogen (secondary N) is 2. The molecule has 0 aliphatic carbocycles. The number of carbonyl (C=O) groups is 1. The van der Waals surface area contributed by atoms with Crippen LogP contribution in [0.3, 0.4) is 0 Å². The van der Waals surface area contributed by atoms with Crippen molar-refractivity contribution in [1.82, 2.24) is 10.6 Å². The number of carbonyl (C=O) groups excluding carboxylic acids is 1. The molecule has 1 aromatic rings. The Hall–Kier alpha value is -0.870. The van der Waals surface area contributed by atoms with Crippen LogP contribution in [0.2, 0.25) is 0 Å².